The molecule has 0 amide bonds. The number of carbonyl (C=O) groups is 1. The topological polar surface area (TPSA) is 52.1 Å². The first kappa shape index (κ1) is 18.4. The van der Waals surface area contributed by atoms with Crippen LogP contribution in [0.25, 0.3) is 11.4 Å². The third-order valence-electron chi connectivity index (χ3n) is 3.76. The Morgan fingerprint density at radius 1 is 1.00 bits per heavy atom. The number of halogens is 1. The quantitative estimate of drug-likeness (QED) is 0.435. The van der Waals surface area contributed by atoms with Gasteiger partial charge in [-0.15, -0.1) is 0 Å². The van der Waals surface area contributed by atoms with E-state index in [0.29, 0.717) is 23.7 Å². The lowest BCUT2D eigenvalue weighted by Crippen LogP contribution is -1.99. The molecule has 1 heterocycles. The van der Waals surface area contributed by atoms with Gasteiger partial charge in [0.15, 0.2) is 11.6 Å². The molecule has 128 valence electrons. The van der Waals surface area contributed by atoms with Crippen molar-refractivity contribution in [2.45, 2.75) is 45.4 Å². The molecule has 1 aromatic carbocycles. The summed E-state index contributed by atoms with van der Waals surface area (Å²) in [7, 11) is 0. The molecule has 0 aliphatic carbocycles. The molecule has 0 spiro atoms. The Balaban J connectivity index is 1.79. The second-order valence-electron chi connectivity index (χ2n) is 5.71. The zero-order valence-electron chi connectivity index (χ0n) is 14.0. The first-order valence-electron chi connectivity index (χ1n) is 8.46. The molecular weight excluding hydrogens is 324 g/mol. The standard InChI is InChI=1S/C19H23ClN2O2/c1-2-3-4-5-6-7-12-24-17-13-21-19(22-14-17)16-10-8-15(9-11-16)18(20)23/h8-11,13-14H,2-7,12H2,1H3. The molecule has 0 saturated carbocycles. The second kappa shape index (κ2) is 10.0. The lowest BCUT2D eigenvalue weighted by molar-refractivity contribution is 0.108. The molecule has 0 unspecified atom stereocenters. The molecule has 5 heteroatoms. The molecule has 24 heavy (non-hydrogen) atoms. The smallest absolute Gasteiger partial charge is 0.252 e. The average Bonchev–Trinajstić information content (AvgIpc) is 2.61. The van der Waals surface area contributed by atoms with E-state index in [0.717, 1.165) is 12.0 Å². The number of ether oxygens (including phenoxy) is 1. The van der Waals surface area contributed by atoms with Crippen molar-refractivity contribution in [1.82, 2.24) is 9.97 Å². The van der Waals surface area contributed by atoms with Crippen LogP contribution in [0.5, 0.6) is 5.75 Å². The van der Waals surface area contributed by atoms with Crippen LogP contribution in [0.2, 0.25) is 0 Å². The SMILES string of the molecule is CCCCCCCCOc1cnc(-c2ccc(C(=O)Cl)cc2)nc1. The van der Waals surface area contributed by atoms with Crippen molar-refractivity contribution in [2.24, 2.45) is 0 Å². The highest BCUT2D eigenvalue weighted by Crippen LogP contribution is 2.18. The normalized spacial score (nSPS) is 10.6. The van der Waals surface area contributed by atoms with Gasteiger partial charge in [0.1, 0.15) is 0 Å². The van der Waals surface area contributed by atoms with Gasteiger partial charge in [-0.2, -0.15) is 0 Å². The number of unbranched alkanes of at least 4 members (excludes halogenated alkanes) is 5. The molecular formula is C19H23ClN2O2. The zero-order valence-corrected chi connectivity index (χ0v) is 14.8. The Kier molecular flexibility index (Phi) is 7.69. The van der Waals surface area contributed by atoms with E-state index in [-0.39, 0.29) is 0 Å². The number of rotatable bonds is 10. The summed E-state index contributed by atoms with van der Waals surface area (Å²) < 4.78 is 5.67. The van der Waals surface area contributed by atoms with E-state index in [9.17, 15) is 4.79 Å². The summed E-state index contributed by atoms with van der Waals surface area (Å²) in [5.41, 5.74) is 1.29. The van der Waals surface area contributed by atoms with Crippen LogP contribution in [0.15, 0.2) is 36.7 Å². The minimum atomic E-state index is -0.471. The summed E-state index contributed by atoms with van der Waals surface area (Å²) in [5.74, 6) is 1.27. The van der Waals surface area contributed by atoms with E-state index in [1.165, 1.54) is 32.1 Å². The van der Waals surface area contributed by atoms with Crippen LogP contribution < -0.4 is 4.74 Å². The first-order valence-corrected chi connectivity index (χ1v) is 8.83. The monoisotopic (exact) mass is 346 g/mol. The van der Waals surface area contributed by atoms with Crippen LogP contribution in [0.3, 0.4) is 0 Å². The van der Waals surface area contributed by atoms with Gasteiger partial charge < -0.3 is 4.74 Å². The van der Waals surface area contributed by atoms with Gasteiger partial charge in [-0.1, -0.05) is 51.2 Å². The van der Waals surface area contributed by atoms with Crippen LogP contribution >= 0.6 is 11.6 Å². The van der Waals surface area contributed by atoms with E-state index in [1.54, 1.807) is 36.7 Å². The van der Waals surface area contributed by atoms with Gasteiger partial charge in [0.2, 0.25) is 0 Å². The van der Waals surface area contributed by atoms with Crippen molar-refractivity contribution in [3.05, 3.63) is 42.2 Å². The van der Waals surface area contributed by atoms with Crippen molar-refractivity contribution in [1.29, 1.82) is 0 Å². The number of hydrogen-bond donors (Lipinski definition) is 0. The van der Waals surface area contributed by atoms with Crippen LogP contribution in [0, 0.1) is 0 Å². The summed E-state index contributed by atoms with van der Waals surface area (Å²) in [5, 5.41) is -0.471. The predicted molar refractivity (Wildman–Crippen MR) is 96.5 cm³/mol. The zero-order chi connectivity index (χ0) is 17.2. The van der Waals surface area contributed by atoms with Crippen molar-refractivity contribution < 1.29 is 9.53 Å². The third-order valence-corrected chi connectivity index (χ3v) is 3.98. The number of hydrogen-bond acceptors (Lipinski definition) is 4. The fourth-order valence-electron chi connectivity index (χ4n) is 2.36. The molecule has 4 nitrogen and oxygen atoms in total. The van der Waals surface area contributed by atoms with Gasteiger partial charge in [0, 0.05) is 11.1 Å². The minimum Gasteiger partial charge on any atom is -0.490 e. The van der Waals surface area contributed by atoms with Crippen LogP contribution in [0.1, 0.15) is 55.8 Å². The summed E-state index contributed by atoms with van der Waals surface area (Å²) >= 11 is 5.43. The van der Waals surface area contributed by atoms with Crippen LogP contribution in [-0.2, 0) is 0 Å². The maximum absolute atomic E-state index is 11.1. The molecule has 0 atom stereocenters. The molecule has 0 aliphatic heterocycles. The summed E-state index contributed by atoms with van der Waals surface area (Å²) in [6.45, 7) is 2.92. The van der Waals surface area contributed by atoms with Crippen molar-refractivity contribution in [3.8, 4) is 17.1 Å². The van der Waals surface area contributed by atoms with Crippen LogP contribution in [-0.4, -0.2) is 21.8 Å². The van der Waals surface area contributed by atoms with Gasteiger partial charge in [0.05, 0.1) is 19.0 Å². The van der Waals surface area contributed by atoms with E-state index in [2.05, 4.69) is 16.9 Å². The third kappa shape index (κ3) is 5.93. The molecule has 0 bridgehead atoms. The molecule has 2 rings (SSSR count). The molecule has 0 radical (unpaired) electrons. The maximum atomic E-state index is 11.1. The fourth-order valence-corrected chi connectivity index (χ4v) is 2.49. The highest BCUT2D eigenvalue weighted by molar-refractivity contribution is 6.67. The van der Waals surface area contributed by atoms with Crippen molar-refractivity contribution in [3.63, 3.8) is 0 Å². The Morgan fingerprint density at radius 3 is 2.25 bits per heavy atom. The van der Waals surface area contributed by atoms with E-state index < -0.39 is 5.24 Å². The molecule has 0 fully saturated rings. The largest absolute Gasteiger partial charge is 0.490 e. The van der Waals surface area contributed by atoms with Gasteiger partial charge >= 0.3 is 0 Å². The Bertz CT molecular complexity index is 627. The summed E-state index contributed by atoms with van der Waals surface area (Å²) in [4.78, 5) is 19.7. The van der Waals surface area contributed by atoms with Gasteiger partial charge in [-0.05, 0) is 30.2 Å². The van der Waals surface area contributed by atoms with E-state index in [1.807, 2.05) is 0 Å². The Labute approximate surface area is 148 Å². The van der Waals surface area contributed by atoms with Crippen molar-refractivity contribution >= 4 is 16.8 Å². The Hall–Kier alpha value is -1.94. The molecule has 1 aromatic heterocycles. The summed E-state index contributed by atoms with van der Waals surface area (Å²) in [6, 6.07) is 6.89. The average molecular weight is 347 g/mol. The van der Waals surface area contributed by atoms with E-state index in [4.69, 9.17) is 16.3 Å². The summed E-state index contributed by atoms with van der Waals surface area (Å²) in [6.07, 6.45) is 10.8. The van der Waals surface area contributed by atoms with E-state index >= 15 is 0 Å². The second-order valence-corrected chi connectivity index (χ2v) is 6.05. The van der Waals surface area contributed by atoms with Gasteiger partial charge in [-0.3, -0.25) is 4.79 Å². The van der Waals surface area contributed by atoms with Gasteiger partial charge in [-0.25, -0.2) is 9.97 Å². The minimum absolute atomic E-state index is 0.458. The van der Waals surface area contributed by atoms with Crippen LogP contribution in [0.4, 0.5) is 0 Å². The number of nitrogens with zero attached hydrogens (tertiary/aromatic N) is 2. The molecule has 0 aliphatic rings. The first-order chi connectivity index (χ1) is 11.7. The highest BCUT2D eigenvalue weighted by Gasteiger charge is 2.05. The number of benzene rings is 1. The lowest BCUT2D eigenvalue weighted by Gasteiger charge is -2.06. The predicted octanol–water partition coefficient (Wildman–Crippen LogP) is 5.26. The Morgan fingerprint density at radius 2 is 1.62 bits per heavy atom. The molecule has 0 N–H and O–H groups in total. The lowest BCUT2D eigenvalue weighted by atomic mass is 10.1. The fraction of sp³-hybridized carbons (Fsp3) is 0.421. The van der Waals surface area contributed by atoms with Crippen molar-refractivity contribution in [2.75, 3.05) is 6.61 Å². The number of aromatic nitrogens is 2. The molecule has 0 saturated heterocycles. The molecule has 2 aromatic rings. The maximum Gasteiger partial charge on any atom is 0.252 e. The highest BCUT2D eigenvalue weighted by atomic mass is 35.5. The number of carbonyl (C=O) groups excluding carboxylic acids is 1. The van der Waals surface area contributed by atoms with Gasteiger partial charge in [0.25, 0.3) is 5.24 Å².